The molecule has 6 heteroatoms. The fraction of sp³-hybridized carbons (Fsp3) is 0.591. The van der Waals surface area contributed by atoms with Crippen LogP contribution in [-0.4, -0.2) is 79.0 Å². The summed E-state index contributed by atoms with van der Waals surface area (Å²) in [4.78, 5) is 19.1. The van der Waals surface area contributed by atoms with Crippen LogP contribution >= 0.6 is 0 Å². The summed E-state index contributed by atoms with van der Waals surface area (Å²) in [6, 6.07) is 6.89. The van der Waals surface area contributed by atoms with Crippen LogP contribution in [0.15, 0.2) is 36.9 Å². The number of piperazine rings is 1. The lowest BCUT2D eigenvalue weighted by Crippen LogP contribution is -2.52. The average molecular weight is 389 g/mol. The third kappa shape index (κ3) is 5.40. The predicted octanol–water partition coefficient (Wildman–Crippen LogP) is 2.05. The number of amides is 1. The first-order valence-corrected chi connectivity index (χ1v) is 10.3. The van der Waals surface area contributed by atoms with Gasteiger partial charge >= 0.3 is 0 Å². The fourth-order valence-electron chi connectivity index (χ4n) is 4.11. The van der Waals surface area contributed by atoms with Crippen LogP contribution in [0.5, 0.6) is 0 Å². The van der Waals surface area contributed by atoms with Crippen molar-refractivity contribution in [3.05, 3.63) is 48.3 Å². The number of hydrogen-bond acceptors (Lipinski definition) is 4. The lowest BCUT2D eigenvalue weighted by atomic mass is 10.1. The Labute approximate surface area is 168 Å². The largest absolute Gasteiger partial charge is 0.339 e. The number of nitrogens with zero attached hydrogens (tertiary/aromatic N) is 3. The van der Waals surface area contributed by atoms with Crippen LogP contribution < -0.4 is 5.73 Å². The SMILES string of the molecule is C=CCN(CCC[C@H](N)C(=O)N1CCN(C)CC1)C1CC1c1ccc(F)cc1. The highest BCUT2D eigenvalue weighted by molar-refractivity contribution is 5.81. The van der Waals surface area contributed by atoms with Gasteiger partial charge in [0.2, 0.25) is 5.91 Å². The third-order valence-electron chi connectivity index (χ3n) is 5.98. The van der Waals surface area contributed by atoms with Crippen LogP contribution in [-0.2, 0) is 4.79 Å². The number of carbonyl (C=O) groups excluding carboxylic acids is 1. The van der Waals surface area contributed by atoms with Gasteiger partial charge in [0.25, 0.3) is 0 Å². The van der Waals surface area contributed by atoms with E-state index in [0.717, 1.165) is 52.1 Å². The number of likely N-dealkylation sites (N-methyl/N-ethyl adjacent to an activating group) is 1. The number of rotatable bonds is 9. The summed E-state index contributed by atoms with van der Waals surface area (Å²) in [5, 5.41) is 0. The normalized spacial score (nSPS) is 23.6. The van der Waals surface area contributed by atoms with Crippen LogP contribution in [0.4, 0.5) is 4.39 Å². The first kappa shape index (κ1) is 21.0. The number of hydrogen-bond donors (Lipinski definition) is 1. The first-order valence-electron chi connectivity index (χ1n) is 10.3. The van der Waals surface area contributed by atoms with E-state index >= 15 is 0 Å². The van der Waals surface area contributed by atoms with Crippen molar-refractivity contribution >= 4 is 5.91 Å². The molecule has 0 bridgehead atoms. The summed E-state index contributed by atoms with van der Waals surface area (Å²) in [6.07, 6.45) is 4.61. The van der Waals surface area contributed by atoms with E-state index in [1.165, 1.54) is 17.7 Å². The summed E-state index contributed by atoms with van der Waals surface area (Å²) >= 11 is 0. The van der Waals surface area contributed by atoms with Gasteiger partial charge in [-0.3, -0.25) is 9.69 Å². The number of benzene rings is 1. The van der Waals surface area contributed by atoms with Crippen LogP contribution in [0, 0.1) is 5.82 Å². The summed E-state index contributed by atoms with van der Waals surface area (Å²) < 4.78 is 13.1. The van der Waals surface area contributed by atoms with Gasteiger partial charge in [0.1, 0.15) is 5.82 Å². The quantitative estimate of drug-likeness (QED) is 0.658. The van der Waals surface area contributed by atoms with Crippen molar-refractivity contribution in [1.82, 2.24) is 14.7 Å². The molecule has 28 heavy (non-hydrogen) atoms. The Bertz CT molecular complexity index is 657. The molecule has 1 heterocycles. The summed E-state index contributed by atoms with van der Waals surface area (Å²) in [7, 11) is 2.08. The molecule has 0 spiro atoms. The highest BCUT2D eigenvalue weighted by atomic mass is 19.1. The molecule has 2 unspecified atom stereocenters. The van der Waals surface area contributed by atoms with E-state index in [1.54, 1.807) is 0 Å². The molecule has 2 fully saturated rings. The van der Waals surface area contributed by atoms with E-state index in [1.807, 2.05) is 23.1 Å². The monoisotopic (exact) mass is 388 g/mol. The second-order valence-electron chi connectivity index (χ2n) is 8.12. The number of nitrogens with two attached hydrogens (primary N) is 1. The van der Waals surface area contributed by atoms with Gasteiger partial charge in [-0.2, -0.15) is 0 Å². The number of halogens is 1. The maximum Gasteiger partial charge on any atom is 0.239 e. The molecular weight excluding hydrogens is 355 g/mol. The van der Waals surface area contributed by atoms with Crippen LogP contribution in [0.1, 0.15) is 30.7 Å². The van der Waals surface area contributed by atoms with Crippen molar-refractivity contribution in [2.75, 3.05) is 46.3 Å². The molecule has 1 aliphatic heterocycles. The van der Waals surface area contributed by atoms with Gasteiger partial charge in [-0.1, -0.05) is 18.2 Å². The van der Waals surface area contributed by atoms with Crippen molar-refractivity contribution in [3.8, 4) is 0 Å². The van der Waals surface area contributed by atoms with Gasteiger partial charge in [0, 0.05) is 44.7 Å². The minimum atomic E-state index is -0.416. The highest BCUT2D eigenvalue weighted by Gasteiger charge is 2.42. The van der Waals surface area contributed by atoms with Crippen molar-refractivity contribution in [1.29, 1.82) is 0 Å². The van der Waals surface area contributed by atoms with E-state index in [4.69, 9.17) is 5.73 Å². The molecule has 0 radical (unpaired) electrons. The topological polar surface area (TPSA) is 52.8 Å². The third-order valence-corrected chi connectivity index (χ3v) is 5.98. The highest BCUT2D eigenvalue weighted by Crippen LogP contribution is 2.44. The molecule has 1 amide bonds. The van der Waals surface area contributed by atoms with Crippen molar-refractivity contribution in [2.45, 2.75) is 37.3 Å². The first-order chi connectivity index (χ1) is 13.5. The smallest absolute Gasteiger partial charge is 0.239 e. The van der Waals surface area contributed by atoms with E-state index < -0.39 is 6.04 Å². The summed E-state index contributed by atoms with van der Waals surface area (Å²) in [5.41, 5.74) is 7.38. The van der Waals surface area contributed by atoms with Gasteiger partial charge in [-0.25, -0.2) is 4.39 Å². The van der Waals surface area contributed by atoms with E-state index in [2.05, 4.69) is 23.4 Å². The molecule has 0 aromatic heterocycles. The zero-order chi connectivity index (χ0) is 20.1. The predicted molar refractivity (Wildman–Crippen MR) is 111 cm³/mol. The van der Waals surface area contributed by atoms with Crippen LogP contribution in [0.2, 0.25) is 0 Å². The van der Waals surface area contributed by atoms with E-state index in [-0.39, 0.29) is 11.7 Å². The molecular formula is C22H33FN4O. The molecule has 5 nitrogen and oxygen atoms in total. The number of carbonyl (C=O) groups is 1. The lowest BCUT2D eigenvalue weighted by molar-refractivity contribution is -0.134. The zero-order valence-corrected chi connectivity index (χ0v) is 16.9. The minimum Gasteiger partial charge on any atom is -0.339 e. The van der Waals surface area contributed by atoms with Crippen LogP contribution in [0.3, 0.4) is 0 Å². The summed E-state index contributed by atoms with van der Waals surface area (Å²) in [6.45, 7) is 8.97. The molecule has 2 N–H and O–H groups in total. The Hall–Kier alpha value is -1.76. The molecule has 3 rings (SSSR count). The Morgan fingerprint density at radius 2 is 2.00 bits per heavy atom. The molecule has 2 aliphatic rings. The fourth-order valence-corrected chi connectivity index (χ4v) is 4.11. The summed E-state index contributed by atoms with van der Waals surface area (Å²) in [5.74, 6) is 0.350. The Morgan fingerprint density at radius 3 is 2.64 bits per heavy atom. The van der Waals surface area contributed by atoms with Crippen molar-refractivity contribution < 1.29 is 9.18 Å². The molecule has 1 aliphatic carbocycles. The molecule has 3 atom stereocenters. The van der Waals surface area contributed by atoms with E-state index in [0.29, 0.717) is 18.4 Å². The molecule has 1 aromatic carbocycles. The maximum atomic E-state index is 13.1. The Balaban J connectivity index is 1.44. The van der Waals surface area contributed by atoms with Crippen molar-refractivity contribution in [2.24, 2.45) is 5.73 Å². The van der Waals surface area contributed by atoms with Crippen LogP contribution in [0.25, 0.3) is 0 Å². The zero-order valence-electron chi connectivity index (χ0n) is 16.9. The maximum absolute atomic E-state index is 13.1. The molecule has 154 valence electrons. The van der Waals surface area contributed by atoms with Crippen molar-refractivity contribution in [3.63, 3.8) is 0 Å². The standard InChI is InChI=1S/C22H33FN4O/c1-3-10-26(21-16-19(21)17-6-8-18(23)9-7-17)11-4-5-20(24)22(28)27-14-12-25(2)13-15-27/h3,6-9,19-21H,1,4-5,10-16,24H2,2H3/t19?,20-,21?/m0/s1. The van der Waals surface area contributed by atoms with Gasteiger partial charge < -0.3 is 15.5 Å². The Morgan fingerprint density at radius 1 is 1.32 bits per heavy atom. The molecule has 1 saturated carbocycles. The molecule has 1 saturated heterocycles. The van der Waals surface area contributed by atoms with E-state index in [9.17, 15) is 9.18 Å². The second kappa shape index (κ2) is 9.63. The van der Waals surface area contributed by atoms with Gasteiger partial charge in [0.05, 0.1) is 6.04 Å². The van der Waals surface area contributed by atoms with Gasteiger partial charge in [0.15, 0.2) is 0 Å². The lowest BCUT2D eigenvalue weighted by Gasteiger charge is -2.34. The van der Waals surface area contributed by atoms with Gasteiger partial charge in [-0.05, 0) is 50.6 Å². The minimum absolute atomic E-state index is 0.0824. The van der Waals surface area contributed by atoms with Gasteiger partial charge in [-0.15, -0.1) is 6.58 Å². The average Bonchev–Trinajstić information content (AvgIpc) is 3.48. The second-order valence-corrected chi connectivity index (χ2v) is 8.12. The molecule has 1 aromatic rings. The Kier molecular flexibility index (Phi) is 7.21.